The predicted molar refractivity (Wildman–Crippen MR) is 28.0 cm³/mol. The Balaban J connectivity index is 2.33. The molecule has 0 aromatic rings. The SMILES string of the molecule is BC1CC1C(=O)O. The van der Waals surface area contributed by atoms with Crippen LogP contribution in [0.3, 0.4) is 0 Å². The highest BCUT2D eigenvalue weighted by atomic mass is 16.4. The molecule has 0 radical (unpaired) electrons. The lowest BCUT2D eigenvalue weighted by Gasteiger charge is -1.79. The quantitative estimate of drug-likeness (QED) is 0.449. The van der Waals surface area contributed by atoms with Gasteiger partial charge in [-0.2, -0.15) is 0 Å². The molecule has 38 valence electrons. The van der Waals surface area contributed by atoms with E-state index in [0.29, 0.717) is 5.82 Å². The molecule has 1 aliphatic carbocycles. The van der Waals surface area contributed by atoms with Crippen LogP contribution >= 0.6 is 0 Å². The molecule has 0 bridgehead atoms. The second kappa shape index (κ2) is 1.25. The van der Waals surface area contributed by atoms with Crippen molar-refractivity contribution < 1.29 is 9.90 Å². The molecule has 0 amide bonds. The molecule has 1 fully saturated rings. The lowest BCUT2D eigenvalue weighted by molar-refractivity contribution is -0.138. The van der Waals surface area contributed by atoms with Gasteiger partial charge >= 0.3 is 5.97 Å². The molecule has 7 heavy (non-hydrogen) atoms. The maximum absolute atomic E-state index is 9.97. The molecule has 0 aromatic carbocycles. The van der Waals surface area contributed by atoms with Gasteiger partial charge in [0.25, 0.3) is 0 Å². The zero-order chi connectivity index (χ0) is 5.44. The third-order valence-electron chi connectivity index (χ3n) is 1.43. The fourth-order valence-corrected chi connectivity index (χ4v) is 0.666. The number of hydrogen-bond donors (Lipinski definition) is 1. The van der Waals surface area contributed by atoms with Crippen LogP contribution in [0.4, 0.5) is 0 Å². The van der Waals surface area contributed by atoms with Crippen LogP contribution in [0, 0.1) is 5.92 Å². The van der Waals surface area contributed by atoms with Gasteiger partial charge in [0.15, 0.2) is 0 Å². The third kappa shape index (κ3) is 0.761. The van der Waals surface area contributed by atoms with Gasteiger partial charge < -0.3 is 5.11 Å². The fourth-order valence-electron chi connectivity index (χ4n) is 0.666. The second-order valence-electron chi connectivity index (χ2n) is 2.16. The number of carbonyl (C=O) groups is 1. The Labute approximate surface area is 42.9 Å². The van der Waals surface area contributed by atoms with Crippen LogP contribution in [-0.2, 0) is 4.79 Å². The lowest BCUT2D eigenvalue weighted by atomic mass is 10.0. The second-order valence-corrected chi connectivity index (χ2v) is 2.16. The van der Waals surface area contributed by atoms with E-state index in [-0.39, 0.29) is 5.92 Å². The standard InChI is InChI=1S/C4H7BO2/c5-3-1-2(3)4(6)7/h2-3H,1,5H2,(H,6,7). The van der Waals surface area contributed by atoms with Crippen molar-refractivity contribution in [2.45, 2.75) is 12.2 Å². The molecule has 1 rings (SSSR count). The summed E-state index contributed by atoms with van der Waals surface area (Å²) in [6, 6.07) is 0. The molecular weight excluding hydrogens is 90.9 g/mol. The molecule has 3 heteroatoms. The zero-order valence-corrected chi connectivity index (χ0v) is 4.22. The van der Waals surface area contributed by atoms with Crippen molar-refractivity contribution in [1.82, 2.24) is 0 Å². The van der Waals surface area contributed by atoms with Crippen molar-refractivity contribution in [2.24, 2.45) is 5.92 Å². The highest BCUT2D eigenvalue weighted by Crippen LogP contribution is 2.41. The first-order valence-electron chi connectivity index (χ1n) is 2.44. The van der Waals surface area contributed by atoms with Crippen molar-refractivity contribution in [2.75, 3.05) is 0 Å². The summed E-state index contributed by atoms with van der Waals surface area (Å²) in [5, 5.41) is 8.22. The van der Waals surface area contributed by atoms with E-state index < -0.39 is 5.97 Å². The first-order chi connectivity index (χ1) is 3.22. The molecule has 0 spiro atoms. The van der Waals surface area contributed by atoms with E-state index in [1.165, 1.54) is 0 Å². The van der Waals surface area contributed by atoms with Crippen LogP contribution in [0.1, 0.15) is 6.42 Å². The normalized spacial score (nSPS) is 37.7. The van der Waals surface area contributed by atoms with Gasteiger partial charge in [0.05, 0.1) is 5.92 Å². The Bertz CT molecular complexity index is 102. The van der Waals surface area contributed by atoms with E-state index in [1.54, 1.807) is 0 Å². The van der Waals surface area contributed by atoms with Crippen molar-refractivity contribution in [3.63, 3.8) is 0 Å². The van der Waals surface area contributed by atoms with Gasteiger partial charge in [0, 0.05) is 0 Å². The summed E-state index contributed by atoms with van der Waals surface area (Å²) in [4.78, 5) is 9.97. The van der Waals surface area contributed by atoms with E-state index in [9.17, 15) is 4.79 Å². The van der Waals surface area contributed by atoms with Gasteiger partial charge in [0.2, 0.25) is 0 Å². The van der Waals surface area contributed by atoms with Gasteiger partial charge in [-0.25, -0.2) is 0 Å². The Morgan fingerprint density at radius 1 is 1.86 bits per heavy atom. The molecular formula is C4H7BO2. The summed E-state index contributed by atoms with van der Waals surface area (Å²) >= 11 is 0. The van der Waals surface area contributed by atoms with Crippen molar-refractivity contribution in [3.8, 4) is 0 Å². The number of carboxylic acids is 1. The van der Waals surface area contributed by atoms with Crippen LogP contribution in [0.25, 0.3) is 0 Å². The Morgan fingerprint density at radius 3 is 2.29 bits per heavy atom. The monoisotopic (exact) mass is 98.1 g/mol. The maximum atomic E-state index is 9.97. The largest absolute Gasteiger partial charge is 0.481 e. The molecule has 0 aromatic heterocycles. The minimum absolute atomic E-state index is 0.0139. The summed E-state index contributed by atoms with van der Waals surface area (Å²) in [6.07, 6.45) is 0.884. The average molecular weight is 97.9 g/mol. The van der Waals surface area contributed by atoms with Gasteiger partial charge in [-0.15, -0.1) is 0 Å². The molecule has 1 aliphatic rings. The smallest absolute Gasteiger partial charge is 0.306 e. The summed E-state index contributed by atoms with van der Waals surface area (Å²) in [5.74, 6) is -0.204. The number of carboxylic acid groups (broad SMARTS) is 1. The highest BCUT2D eigenvalue weighted by Gasteiger charge is 2.38. The van der Waals surface area contributed by atoms with E-state index in [4.69, 9.17) is 5.11 Å². The van der Waals surface area contributed by atoms with E-state index in [0.717, 1.165) is 6.42 Å². The van der Waals surface area contributed by atoms with Crippen LogP contribution < -0.4 is 0 Å². The molecule has 1 N–H and O–H groups in total. The Morgan fingerprint density at radius 2 is 2.29 bits per heavy atom. The molecule has 2 unspecified atom stereocenters. The summed E-state index contributed by atoms with van der Waals surface area (Å²) in [7, 11) is 1.96. The first kappa shape index (κ1) is 4.69. The summed E-state index contributed by atoms with van der Waals surface area (Å²) in [5.41, 5.74) is 0. The summed E-state index contributed by atoms with van der Waals surface area (Å²) < 4.78 is 0. The van der Waals surface area contributed by atoms with Gasteiger partial charge in [0.1, 0.15) is 7.85 Å². The van der Waals surface area contributed by atoms with E-state index in [2.05, 4.69) is 0 Å². The van der Waals surface area contributed by atoms with Crippen LogP contribution in [0.2, 0.25) is 5.82 Å². The molecule has 0 aliphatic heterocycles. The molecule has 2 nitrogen and oxygen atoms in total. The van der Waals surface area contributed by atoms with Crippen LogP contribution in [-0.4, -0.2) is 18.9 Å². The minimum atomic E-state index is -0.632. The van der Waals surface area contributed by atoms with Gasteiger partial charge in [-0.05, 0) is 6.42 Å². The van der Waals surface area contributed by atoms with Gasteiger partial charge in [-0.3, -0.25) is 4.79 Å². The highest BCUT2D eigenvalue weighted by molar-refractivity contribution is 6.16. The third-order valence-corrected chi connectivity index (χ3v) is 1.43. The van der Waals surface area contributed by atoms with Crippen molar-refractivity contribution >= 4 is 13.8 Å². The molecule has 1 saturated carbocycles. The summed E-state index contributed by atoms with van der Waals surface area (Å²) in [6.45, 7) is 0. The number of rotatable bonds is 1. The molecule has 0 saturated heterocycles. The fraction of sp³-hybridized carbons (Fsp3) is 0.750. The number of aliphatic carboxylic acids is 1. The number of hydrogen-bond acceptors (Lipinski definition) is 1. The topological polar surface area (TPSA) is 37.3 Å². The first-order valence-corrected chi connectivity index (χ1v) is 2.44. The van der Waals surface area contributed by atoms with Crippen LogP contribution in [0.5, 0.6) is 0 Å². The Hall–Kier alpha value is -0.465. The Kier molecular flexibility index (Phi) is 0.839. The average Bonchev–Trinajstić information content (AvgIpc) is 2.17. The minimum Gasteiger partial charge on any atom is -0.481 e. The van der Waals surface area contributed by atoms with E-state index in [1.807, 2.05) is 7.85 Å². The van der Waals surface area contributed by atoms with E-state index >= 15 is 0 Å². The van der Waals surface area contributed by atoms with Crippen molar-refractivity contribution in [1.29, 1.82) is 0 Å². The lowest BCUT2D eigenvalue weighted by Crippen LogP contribution is -1.96. The molecule has 0 heterocycles. The predicted octanol–water partition coefficient (Wildman–Crippen LogP) is -0.488. The molecule has 2 atom stereocenters. The zero-order valence-electron chi connectivity index (χ0n) is 4.22. The maximum Gasteiger partial charge on any atom is 0.306 e. The van der Waals surface area contributed by atoms with Crippen LogP contribution in [0.15, 0.2) is 0 Å². The van der Waals surface area contributed by atoms with Gasteiger partial charge in [-0.1, -0.05) is 5.82 Å². The van der Waals surface area contributed by atoms with Crippen molar-refractivity contribution in [3.05, 3.63) is 0 Å².